The zero-order valence-electron chi connectivity index (χ0n) is 12.2. The van der Waals surface area contributed by atoms with E-state index < -0.39 is 0 Å². The highest BCUT2D eigenvalue weighted by molar-refractivity contribution is 7.11. The first-order valence-corrected chi connectivity index (χ1v) is 7.73. The average molecular weight is 283 g/mol. The summed E-state index contributed by atoms with van der Waals surface area (Å²) < 4.78 is 0. The van der Waals surface area contributed by atoms with Crippen LogP contribution in [0.1, 0.15) is 42.5 Å². The summed E-state index contributed by atoms with van der Waals surface area (Å²) in [4.78, 5) is 19.2. The first-order chi connectivity index (χ1) is 9.06. The zero-order chi connectivity index (χ0) is 14.3. The molecule has 1 rings (SSSR count). The summed E-state index contributed by atoms with van der Waals surface area (Å²) >= 11 is 1.65. The van der Waals surface area contributed by atoms with Crippen LogP contribution in [-0.4, -0.2) is 29.4 Å². The molecular formula is C14H25N3OS. The Labute approximate surface area is 120 Å². The van der Waals surface area contributed by atoms with Gasteiger partial charge in [-0.2, -0.15) is 0 Å². The van der Waals surface area contributed by atoms with Crippen LogP contribution < -0.4 is 5.73 Å². The van der Waals surface area contributed by atoms with E-state index in [9.17, 15) is 4.79 Å². The van der Waals surface area contributed by atoms with Gasteiger partial charge < -0.3 is 10.6 Å². The summed E-state index contributed by atoms with van der Waals surface area (Å²) in [5.41, 5.74) is 5.57. The summed E-state index contributed by atoms with van der Waals surface area (Å²) in [6.07, 6.45) is 5.53. The van der Waals surface area contributed by atoms with E-state index in [1.54, 1.807) is 16.2 Å². The Balaban J connectivity index is 2.36. The Morgan fingerprint density at radius 1 is 1.53 bits per heavy atom. The van der Waals surface area contributed by atoms with Crippen molar-refractivity contribution in [1.29, 1.82) is 0 Å². The summed E-state index contributed by atoms with van der Waals surface area (Å²) in [5.74, 6) is 0.787. The third kappa shape index (κ3) is 5.70. The van der Waals surface area contributed by atoms with Gasteiger partial charge in [0.2, 0.25) is 5.91 Å². The van der Waals surface area contributed by atoms with Crippen LogP contribution in [0, 0.1) is 12.8 Å². The molecule has 0 aliphatic rings. The number of nitrogens with two attached hydrogens (primary N) is 1. The van der Waals surface area contributed by atoms with Crippen LogP contribution >= 0.6 is 11.3 Å². The maximum Gasteiger partial charge on any atom is 0.222 e. The van der Waals surface area contributed by atoms with Gasteiger partial charge in [0.15, 0.2) is 0 Å². The molecule has 0 aliphatic carbocycles. The van der Waals surface area contributed by atoms with Crippen molar-refractivity contribution in [3.8, 4) is 0 Å². The molecule has 5 heteroatoms. The minimum Gasteiger partial charge on any atom is -0.341 e. The molecule has 1 heterocycles. The third-order valence-electron chi connectivity index (χ3n) is 3.41. The van der Waals surface area contributed by atoms with Gasteiger partial charge in [0.05, 0.1) is 11.6 Å². The lowest BCUT2D eigenvalue weighted by atomic mass is 9.96. The summed E-state index contributed by atoms with van der Waals surface area (Å²) in [5, 5.41) is 1.05. The van der Waals surface area contributed by atoms with Crippen LogP contribution in [0.25, 0.3) is 0 Å². The molecule has 0 radical (unpaired) electrons. The Morgan fingerprint density at radius 3 is 2.79 bits per heavy atom. The standard InChI is InChI=1S/C14H25N3OS/c1-4-12(7-8-15)5-6-14(18)17(3)10-13-9-16-11(2)19-13/h9,12H,4-8,10,15H2,1-3H3. The number of carbonyl (C=O) groups is 1. The summed E-state index contributed by atoms with van der Waals surface area (Å²) in [6, 6.07) is 0. The molecule has 1 unspecified atom stereocenters. The smallest absolute Gasteiger partial charge is 0.222 e. The summed E-state index contributed by atoms with van der Waals surface area (Å²) in [6.45, 7) is 5.52. The normalized spacial score (nSPS) is 12.4. The van der Waals surface area contributed by atoms with Crippen molar-refractivity contribution in [3.05, 3.63) is 16.1 Å². The molecule has 0 aliphatic heterocycles. The lowest BCUT2D eigenvalue weighted by Crippen LogP contribution is -2.26. The first-order valence-electron chi connectivity index (χ1n) is 6.92. The fourth-order valence-electron chi connectivity index (χ4n) is 2.11. The highest BCUT2D eigenvalue weighted by atomic mass is 32.1. The molecule has 0 fully saturated rings. The zero-order valence-corrected chi connectivity index (χ0v) is 13.0. The number of thiazole rings is 1. The van der Waals surface area contributed by atoms with Gasteiger partial charge in [-0.05, 0) is 32.2 Å². The van der Waals surface area contributed by atoms with Crippen LogP contribution in [0.5, 0.6) is 0 Å². The lowest BCUT2D eigenvalue weighted by Gasteiger charge is -2.18. The van der Waals surface area contributed by atoms with E-state index in [1.165, 1.54) is 0 Å². The van der Waals surface area contributed by atoms with Crippen molar-refractivity contribution in [3.63, 3.8) is 0 Å². The number of aromatic nitrogens is 1. The second-order valence-electron chi connectivity index (χ2n) is 4.99. The van der Waals surface area contributed by atoms with Crippen molar-refractivity contribution in [1.82, 2.24) is 9.88 Å². The Bertz CT molecular complexity index is 392. The van der Waals surface area contributed by atoms with E-state index >= 15 is 0 Å². The SMILES string of the molecule is CCC(CCN)CCC(=O)N(C)Cc1cnc(C)s1. The van der Waals surface area contributed by atoms with Crippen LogP contribution in [0.3, 0.4) is 0 Å². The van der Waals surface area contributed by atoms with E-state index in [2.05, 4.69) is 11.9 Å². The molecule has 4 nitrogen and oxygen atoms in total. The Morgan fingerprint density at radius 2 is 2.26 bits per heavy atom. The minimum absolute atomic E-state index is 0.210. The van der Waals surface area contributed by atoms with Gasteiger partial charge in [0, 0.05) is 24.5 Å². The van der Waals surface area contributed by atoms with Crippen molar-refractivity contribution >= 4 is 17.2 Å². The molecule has 0 saturated heterocycles. The fourth-order valence-corrected chi connectivity index (χ4v) is 2.96. The molecule has 0 aromatic carbocycles. The molecular weight excluding hydrogens is 258 g/mol. The summed E-state index contributed by atoms with van der Waals surface area (Å²) in [7, 11) is 1.86. The van der Waals surface area contributed by atoms with E-state index in [0.717, 1.165) is 29.1 Å². The largest absolute Gasteiger partial charge is 0.341 e. The second-order valence-corrected chi connectivity index (χ2v) is 6.31. The highest BCUT2D eigenvalue weighted by Crippen LogP contribution is 2.17. The van der Waals surface area contributed by atoms with Gasteiger partial charge in [-0.1, -0.05) is 13.3 Å². The molecule has 19 heavy (non-hydrogen) atoms. The molecule has 1 atom stereocenters. The minimum atomic E-state index is 0.210. The number of hydrogen-bond acceptors (Lipinski definition) is 4. The fraction of sp³-hybridized carbons (Fsp3) is 0.714. The van der Waals surface area contributed by atoms with Gasteiger partial charge in [-0.3, -0.25) is 4.79 Å². The molecule has 1 aromatic heterocycles. The molecule has 108 valence electrons. The third-order valence-corrected chi connectivity index (χ3v) is 4.30. The molecule has 0 saturated carbocycles. The number of aryl methyl sites for hydroxylation is 1. The van der Waals surface area contributed by atoms with E-state index in [4.69, 9.17) is 5.73 Å². The maximum absolute atomic E-state index is 12.1. The monoisotopic (exact) mass is 283 g/mol. The van der Waals surface area contributed by atoms with Gasteiger partial charge in [0.25, 0.3) is 0 Å². The molecule has 2 N–H and O–H groups in total. The van der Waals surface area contributed by atoms with Crippen molar-refractivity contribution in [2.24, 2.45) is 11.7 Å². The Kier molecular flexibility index (Phi) is 7.02. The average Bonchev–Trinajstić information content (AvgIpc) is 2.79. The van der Waals surface area contributed by atoms with E-state index in [-0.39, 0.29) is 5.91 Å². The van der Waals surface area contributed by atoms with Crippen molar-refractivity contribution in [2.45, 2.75) is 46.1 Å². The van der Waals surface area contributed by atoms with Crippen molar-refractivity contribution < 1.29 is 4.79 Å². The number of carbonyl (C=O) groups excluding carboxylic acids is 1. The van der Waals surface area contributed by atoms with Crippen molar-refractivity contribution in [2.75, 3.05) is 13.6 Å². The van der Waals surface area contributed by atoms with E-state index in [0.29, 0.717) is 25.4 Å². The molecule has 0 spiro atoms. The maximum atomic E-state index is 12.1. The van der Waals surface area contributed by atoms with Gasteiger partial charge in [0.1, 0.15) is 0 Å². The van der Waals surface area contributed by atoms with Crippen LogP contribution in [0.15, 0.2) is 6.20 Å². The van der Waals surface area contributed by atoms with Gasteiger partial charge in [-0.15, -0.1) is 11.3 Å². The number of amides is 1. The van der Waals surface area contributed by atoms with Crippen LogP contribution in [0.4, 0.5) is 0 Å². The highest BCUT2D eigenvalue weighted by Gasteiger charge is 2.13. The molecule has 1 amide bonds. The van der Waals surface area contributed by atoms with Gasteiger partial charge in [-0.25, -0.2) is 4.98 Å². The Hall–Kier alpha value is -0.940. The number of hydrogen-bond donors (Lipinski definition) is 1. The topological polar surface area (TPSA) is 59.2 Å². The predicted octanol–water partition coefficient (Wildman–Crippen LogP) is 2.57. The number of rotatable bonds is 8. The number of nitrogens with zero attached hydrogens (tertiary/aromatic N) is 2. The second kappa shape index (κ2) is 8.27. The molecule has 0 bridgehead atoms. The van der Waals surface area contributed by atoms with Gasteiger partial charge >= 0.3 is 0 Å². The van der Waals surface area contributed by atoms with Crippen LogP contribution in [-0.2, 0) is 11.3 Å². The predicted molar refractivity (Wildman–Crippen MR) is 80.0 cm³/mol. The first kappa shape index (κ1) is 16.1. The quantitative estimate of drug-likeness (QED) is 0.797. The van der Waals surface area contributed by atoms with Crippen LogP contribution in [0.2, 0.25) is 0 Å². The lowest BCUT2D eigenvalue weighted by molar-refractivity contribution is -0.130. The van der Waals surface area contributed by atoms with E-state index in [1.807, 2.05) is 20.2 Å². The molecule has 1 aromatic rings.